The zero-order chi connectivity index (χ0) is 13.0. The molecule has 94 valence electrons. The van der Waals surface area contributed by atoms with E-state index in [2.05, 4.69) is 54.7 Å². The highest BCUT2D eigenvalue weighted by Gasteiger charge is 2.41. The van der Waals surface area contributed by atoms with E-state index in [-0.39, 0.29) is 5.04 Å². The monoisotopic (exact) mass is 240 g/mol. The molecule has 0 atom stereocenters. The quantitative estimate of drug-likeness (QED) is 0.636. The highest BCUT2D eigenvalue weighted by molar-refractivity contribution is 6.85. The van der Waals surface area contributed by atoms with Crippen LogP contribution >= 0.6 is 0 Å². The van der Waals surface area contributed by atoms with Crippen LogP contribution in [-0.2, 0) is 4.43 Å². The van der Waals surface area contributed by atoms with Gasteiger partial charge in [-0.3, -0.25) is 0 Å². The van der Waals surface area contributed by atoms with Gasteiger partial charge >= 0.3 is 0 Å². The molecule has 0 aliphatic heterocycles. The summed E-state index contributed by atoms with van der Waals surface area (Å²) in [6, 6.07) is 0. The van der Waals surface area contributed by atoms with Gasteiger partial charge in [-0.1, -0.05) is 52.9 Å². The van der Waals surface area contributed by atoms with Crippen LogP contribution in [0.15, 0.2) is 24.6 Å². The second-order valence-corrected chi connectivity index (χ2v) is 10.8. The lowest BCUT2D eigenvalue weighted by atomic mass is 9.93. The molecule has 1 nitrogen and oxygen atoms in total. The third-order valence-electron chi connectivity index (χ3n) is 2.97. The minimum atomic E-state index is -2.02. The molecule has 0 saturated carbocycles. The van der Waals surface area contributed by atoms with Gasteiger partial charge in [0.1, 0.15) is 0 Å². The standard InChI is InChI=1S/C14H28OSi/c1-9-16(10-2,14(6,7)8)15-12-11-13(3,4)5/h9-10H,1-2,11-12H2,3-8H3. The average Bonchev–Trinajstić information content (AvgIpc) is 2.09. The molecule has 2 heteroatoms. The maximum atomic E-state index is 6.17. The first-order valence-electron chi connectivity index (χ1n) is 5.99. The fourth-order valence-corrected chi connectivity index (χ4v) is 4.06. The van der Waals surface area contributed by atoms with Crippen molar-refractivity contribution in [3.05, 3.63) is 24.6 Å². The summed E-state index contributed by atoms with van der Waals surface area (Å²) in [6.07, 6.45) is 1.07. The summed E-state index contributed by atoms with van der Waals surface area (Å²) in [7, 11) is -2.02. The fourth-order valence-electron chi connectivity index (χ4n) is 1.56. The Kier molecular flexibility index (Phi) is 5.21. The lowest BCUT2D eigenvalue weighted by molar-refractivity contribution is 0.230. The largest absolute Gasteiger partial charge is 0.409 e. The second-order valence-electron chi connectivity index (χ2n) is 6.61. The van der Waals surface area contributed by atoms with E-state index in [1.54, 1.807) is 0 Å². The molecule has 0 fully saturated rings. The molecule has 0 aliphatic carbocycles. The molecule has 0 heterocycles. The van der Waals surface area contributed by atoms with Gasteiger partial charge in [0, 0.05) is 6.61 Å². The normalized spacial score (nSPS) is 13.6. The number of hydrogen-bond acceptors (Lipinski definition) is 1. The van der Waals surface area contributed by atoms with Crippen molar-refractivity contribution >= 4 is 8.32 Å². The Hall–Kier alpha value is -0.343. The summed E-state index contributed by atoms with van der Waals surface area (Å²) < 4.78 is 6.17. The predicted octanol–water partition coefficient (Wildman–Crippen LogP) is 4.64. The van der Waals surface area contributed by atoms with Crippen molar-refractivity contribution in [2.24, 2.45) is 5.41 Å². The predicted molar refractivity (Wildman–Crippen MR) is 75.9 cm³/mol. The van der Waals surface area contributed by atoms with Crippen molar-refractivity contribution < 1.29 is 4.43 Å². The van der Waals surface area contributed by atoms with Gasteiger partial charge in [0.05, 0.1) is 0 Å². The molecular weight excluding hydrogens is 212 g/mol. The van der Waals surface area contributed by atoms with Crippen LogP contribution < -0.4 is 0 Å². The summed E-state index contributed by atoms with van der Waals surface area (Å²) in [4.78, 5) is 0. The molecule has 0 spiro atoms. The molecule has 0 unspecified atom stereocenters. The first-order valence-corrected chi connectivity index (χ1v) is 8.05. The van der Waals surface area contributed by atoms with Gasteiger partial charge in [0.2, 0.25) is 8.32 Å². The van der Waals surface area contributed by atoms with E-state index in [0.717, 1.165) is 13.0 Å². The molecule has 0 aromatic rings. The van der Waals surface area contributed by atoms with Crippen LogP contribution in [0.25, 0.3) is 0 Å². The maximum absolute atomic E-state index is 6.17. The van der Waals surface area contributed by atoms with E-state index in [1.807, 2.05) is 11.4 Å². The highest BCUT2D eigenvalue weighted by atomic mass is 28.4. The summed E-state index contributed by atoms with van der Waals surface area (Å²) in [5, 5.41) is 0.119. The Balaban J connectivity index is 4.60. The lowest BCUT2D eigenvalue weighted by Crippen LogP contribution is -2.44. The molecular formula is C14H28OSi. The van der Waals surface area contributed by atoms with Crippen LogP contribution in [0.2, 0.25) is 5.04 Å². The molecule has 0 rings (SSSR count). The Morgan fingerprint density at radius 2 is 1.44 bits per heavy atom. The van der Waals surface area contributed by atoms with Crippen LogP contribution in [0.3, 0.4) is 0 Å². The van der Waals surface area contributed by atoms with Crippen molar-refractivity contribution in [1.29, 1.82) is 0 Å². The summed E-state index contributed by atoms with van der Waals surface area (Å²) in [5.74, 6) is 0. The van der Waals surface area contributed by atoms with Gasteiger partial charge in [0.25, 0.3) is 0 Å². The Morgan fingerprint density at radius 1 is 1.00 bits per heavy atom. The van der Waals surface area contributed by atoms with Crippen molar-refractivity contribution in [1.82, 2.24) is 0 Å². The number of hydrogen-bond donors (Lipinski definition) is 0. The Morgan fingerprint density at radius 3 is 1.69 bits per heavy atom. The minimum absolute atomic E-state index is 0.119. The Labute approximate surface area is 103 Å². The smallest absolute Gasteiger partial charge is 0.245 e. The first kappa shape index (κ1) is 15.7. The molecule has 0 aromatic carbocycles. The summed E-state index contributed by atoms with van der Waals surface area (Å²) in [6.45, 7) is 22.0. The third-order valence-corrected chi connectivity index (χ3v) is 7.21. The van der Waals surface area contributed by atoms with Crippen LogP contribution in [0.1, 0.15) is 48.0 Å². The van der Waals surface area contributed by atoms with Crippen LogP contribution in [0.4, 0.5) is 0 Å². The van der Waals surface area contributed by atoms with Gasteiger partial charge in [-0.2, -0.15) is 0 Å². The summed E-state index contributed by atoms with van der Waals surface area (Å²) >= 11 is 0. The Bertz CT molecular complexity index is 234. The van der Waals surface area contributed by atoms with Crippen LogP contribution in [0.5, 0.6) is 0 Å². The zero-order valence-electron chi connectivity index (χ0n) is 11.9. The van der Waals surface area contributed by atoms with Gasteiger partial charge in [-0.05, 0) is 16.9 Å². The molecule has 16 heavy (non-hydrogen) atoms. The maximum Gasteiger partial charge on any atom is 0.245 e. The minimum Gasteiger partial charge on any atom is -0.409 e. The first-order chi connectivity index (χ1) is 7.08. The second kappa shape index (κ2) is 5.33. The SMILES string of the molecule is C=C[Si](C=C)(OCCC(C)(C)C)C(C)(C)C. The average molecular weight is 240 g/mol. The lowest BCUT2D eigenvalue weighted by Gasteiger charge is -2.37. The molecule has 0 aliphatic rings. The molecule has 0 amide bonds. The van der Waals surface area contributed by atoms with Crippen molar-refractivity contribution in [2.75, 3.05) is 6.61 Å². The van der Waals surface area contributed by atoms with E-state index < -0.39 is 8.32 Å². The molecule has 0 N–H and O–H groups in total. The van der Waals surface area contributed by atoms with Gasteiger partial charge in [0.15, 0.2) is 0 Å². The zero-order valence-corrected chi connectivity index (χ0v) is 12.9. The van der Waals surface area contributed by atoms with E-state index in [4.69, 9.17) is 4.43 Å². The molecule has 0 aromatic heterocycles. The fraction of sp³-hybridized carbons (Fsp3) is 0.714. The van der Waals surface area contributed by atoms with Crippen LogP contribution in [-0.4, -0.2) is 14.9 Å². The topological polar surface area (TPSA) is 9.23 Å². The van der Waals surface area contributed by atoms with Crippen molar-refractivity contribution in [2.45, 2.75) is 53.0 Å². The van der Waals surface area contributed by atoms with E-state index >= 15 is 0 Å². The summed E-state index contributed by atoms with van der Waals surface area (Å²) in [5.41, 5.74) is 4.33. The van der Waals surface area contributed by atoms with Crippen LogP contribution in [0, 0.1) is 5.41 Å². The van der Waals surface area contributed by atoms with Gasteiger partial charge in [-0.25, -0.2) is 0 Å². The molecule has 0 bridgehead atoms. The molecule has 0 radical (unpaired) electrons. The highest BCUT2D eigenvalue weighted by Crippen LogP contribution is 2.38. The van der Waals surface area contributed by atoms with E-state index in [0.29, 0.717) is 5.41 Å². The van der Waals surface area contributed by atoms with E-state index in [1.165, 1.54) is 0 Å². The van der Waals surface area contributed by atoms with E-state index in [9.17, 15) is 0 Å². The van der Waals surface area contributed by atoms with Gasteiger partial charge < -0.3 is 4.43 Å². The van der Waals surface area contributed by atoms with Gasteiger partial charge in [-0.15, -0.1) is 13.2 Å². The third kappa shape index (κ3) is 4.26. The van der Waals surface area contributed by atoms with Crippen molar-refractivity contribution in [3.8, 4) is 0 Å². The molecule has 0 saturated heterocycles. The van der Waals surface area contributed by atoms with Crippen molar-refractivity contribution in [3.63, 3.8) is 0 Å². The number of rotatable bonds is 5.